The van der Waals surface area contributed by atoms with Crippen LogP contribution in [0.4, 0.5) is 10.5 Å². The maximum Gasteiger partial charge on any atom is 0.324 e. The van der Waals surface area contributed by atoms with Gasteiger partial charge in [0.05, 0.1) is 26.7 Å². The van der Waals surface area contributed by atoms with Crippen LogP contribution in [0.25, 0.3) is 0 Å². The Labute approximate surface area is 165 Å². The number of carbonyl (C=O) groups excluding carboxylic acids is 2. The van der Waals surface area contributed by atoms with Crippen LogP contribution in [-0.2, 0) is 4.79 Å². The fourth-order valence-electron chi connectivity index (χ4n) is 3.35. The Bertz CT molecular complexity index is 714. The van der Waals surface area contributed by atoms with Crippen molar-refractivity contribution in [1.29, 1.82) is 0 Å². The maximum absolute atomic E-state index is 11.7. The molecule has 2 saturated heterocycles. The Morgan fingerprint density at radius 1 is 1.25 bits per heavy atom. The number of hydrogen-bond acceptors (Lipinski definition) is 5. The van der Waals surface area contributed by atoms with Crippen LogP contribution in [-0.4, -0.2) is 87.2 Å². The minimum absolute atomic E-state index is 0.0782. The molecule has 3 rings (SSSR count). The van der Waals surface area contributed by atoms with E-state index in [1.807, 2.05) is 25.1 Å². The maximum atomic E-state index is 11.7. The van der Waals surface area contributed by atoms with E-state index in [-0.39, 0.29) is 18.5 Å². The molecule has 1 aromatic carbocycles. The van der Waals surface area contributed by atoms with E-state index >= 15 is 0 Å². The molecule has 2 heterocycles. The zero-order chi connectivity index (χ0) is 19.9. The van der Waals surface area contributed by atoms with Crippen LogP contribution >= 0.6 is 0 Å². The van der Waals surface area contributed by atoms with E-state index in [0.717, 1.165) is 50.1 Å². The van der Waals surface area contributed by atoms with Gasteiger partial charge in [-0.1, -0.05) is 6.07 Å². The quantitative estimate of drug-likeness (QED) is 0.415. The van der Waals surface area contributed by atoms with Gasteiger partial charge in [-0.3, -0.25) is 14.7 Å². The van der Waals surface area contributed by atoms with Gasteiger partial charge in [-0.15, -0.1) is 0 Å². The van der Waals surface area contributed by atoms with Crippen LogP contribution in [0.3, 0.4) is 0 Å². The first-order valence-electron chi connectivity index (χ1n) is 9.63. The number of nitrogens with one attached hydrogen (secondary N) is 2. The van der Waals surface area contributed by atoms with Gasteiger partial charge in [0, 0.05) is 44.5 Å². The number of rotatable bonds is 6. The second-order valence-corrected chi connectivity index (χ2v) is 6.62. The van der Waals surface area contributed by atoms with Crippen molar-refractivity contribution < 1.29 is 14.3 Å². The van der Waals surface area contributed by atoms with E-state index in [0.29, 0.717) is 13.1 Å². The van der Waals surface area contributed by atoms with Crippen molar-refractivity contribution >= 4 is 23.6 Å². The van der Waals surface area contributed by atoms with Crippen molar-refractivity contribution in [3.05, 3.63) is 24.3 Å². The number of carbonyl (C=O) groups is 2. The molecule has 2 N–H and O–H groups in total. The summed E-state index contributed by atoms with van der Waals surface area (Å²) in [4.78, 5) is 33.6. The zero-order valence-corrected chi connectivity index (χ0v) is 16.5. The number of amides is 3. The van der Waals surface area contributed by atoms with Crippen LogP contribution in [0.2, 0.25) is 0 Å². The fraction of sp³-hybridized carbons (Fsp3) is 0.526. The highest BCUT2D eigenvalue weighted by Gasteiger charge is 2.28. The molecule has 9 nitrogen and oxygen atoms in total. The molecule has 0 saturated carbocycles. The summed E-state index contributed by atoms with van der Waals surface area (Å²) in [5.41, 5.74) is 1.15. The smallest absolute Gasteiger partial charge is 0.324 e. The van der Waals surface area contributed by atoms with Gasteiger partial charge in [-0.05, 0) is 19.1 Å². The molecule has 3 amide bonds. The molecule has 9 heteroatoms. The molecule has 0 bridgehead atoms. The molecule has 0 radical (unpaired) electrons. The number of nitrogens with zero attached hydrogens (tertiary/aromatic N) is 4. The van der Waals surface area contributed by atoms with Gasteiger partial charge < -0.3 is 25.2 Å². The summed E-state index contributed by atoms with van der Waals surface area (Å²) >= 11 is 0. The van der Waals surface area contributed by atoms with Gasteiger partial charge in [0.2, 0.25) is 5.91 Å². The van der Waals surface area contributed by atoms with E-state index < -0.39 is 0 Å². The lowest BCUT2D eigenvalue weighted by Gasteiger charge is -2.37. The summed E-state index contributed by atoms with van der Waals surface area (Å²) in [5, 5.41) is 5.83. The molecular weight excluding hydrogens is 360 g/mol. The Kier molecular flexibility index (Phi) is 6.57. The van der Waals surface area contributed by atoms with E-state index in [2.05, 4.69) is 31.5 Å². The standard InChI is InChI=1S/C19H28N6O3/c1-3-20-18(21-7-8-25-17(26)14-22-19(25)27)24-11-9-23(10-12-24)15-5-4-6-16(13-15)28-2/h4-6,13H,3,7-12,14H2,1-2H3,(H,20,21)(H,22,27). The second kappa shape index (κ2) is 9.29. The molecule has 0 aromatic heterocycles. The highest BCUT2D eigenvalue weighted by molar-refractivity contribution is 6.01. The van der Waals surface area contributed by atoms with E-state index in [1.54, 1.807) is 7.11 Å². The second-order valence-electron chi connectivity index (χ2n) is 6.62. The average molecular weight is 388 g/mol. The number of piperazine rings is 1. The number of benzene rings is 1. The number of anilines is 1. The SMILES string of the molecule is CCNC(=NCCN1C(=O)CNC1=O)N1CCN(c2cccc(OC)c2)CC1. The van der Waals surface area contributed by atoms with Gasteiger partial charge >= 0.3 is 6.03 Å². The third-order valence-corrected chi connectivity index (χ3v) is 4.85. The first-order chi connectivity index (χ1) is 13.6. The Morgan fingerprint density at radius 3 is 2.68 bits per heavy atom. The molecular formula is C19H28N6O3. The lowest BCUT2D eigenvalue weighted by molar-refractivity contribution is -0.124. The number of urea groups is 1. The number of guanidine groups is 1. The third kappa shape index (κ3) is 4.65. The predicted octanol–water partition coefficient (Wildman–Crippen LogP) is 0.335. The Balaban J connectivity index is 1.56. The summed E-state index contributed by atoms with van der Waals surface area (Å²) in [6.07, 6.45) is 0. The molecule has 28 heavy (non-hydrogen) atoms. The third-order valence-electron chi connectivity index (χ3n) is 4.85. The van der Waals surface area contributed by atoms with Crippen molar-refractivity contribution in [2.75, 3.05) is 64.4 Å². The topological polar surface area (TPSA) is 89.5 Å². The van der Waals surface area contributed by atoms with Crippen molar-refractivity contribution in [1.82, 2.24) is 20.4 Å². The lowest BCUT2D eigenvalue weighted by atomic mass is 10.2. The fourth-order valence-corrected chi connectivity index (χ4v) is 3.35. The number of hydrogen-bond donors (Lipinski definition) is 2. The number of ether oxygens (including phenoxy) is 1. The minimum Gasteiger partial charge on any atom is -0.497 e. The number of aliphatic imine (C=N–C) groups is 1. The van der Waals surface area contributed by atoms with Crippen LogP contribution in [0.1, 0.15) is 6.92 Å². The molecule has 2 fully saturated rings. The van der Waals surface area contributed by atoms with Crippen molar-refractivity contribution in [2.45, 2.75) is 6.92 Å². The molecule has 2 aliphatic rings. The average Bonchev–Trinajstić information content (AvgIpc) is 3.05. The largest absolute Gasteiger partial charge is 0.497 e. The molecule has 2 aliphatic heterocycles. The molecule has 0 aliphatic carbocycles. The van der Waals surface area contributed by atoms with Gasteiger partial charge in [-0.25, -0.2) is 4.79 Å². The van der Waals surface area contributed by atoms with E-state index in [4.69, 9.17) is 4.74 Å². The predicted molar refractivity (Wildman–Crippen MR) is 108 cm³/mol. The highest BCUT2D eigenvalue weighted by atomic mass is 16.5. The van der Waals surface area contributed by atoms with Gasteiger partial charge in [0.1, 0.15) is 5.75 Å². The van der Waals surface area contributed by atoms with Crippen molar-refractivity contribution in [3.8, 4) is 5.75 Å². The number of imide groups is 1. The van der Waals surface area contributed by atoms with Gasteiger partial charge in [0.25, 0.3) is 0 Å². The Morgan fingerprint density at radius 2 is 2.04 bits per heavy atom. The molecule has 152 valence electrons. The van der Waals surface area contributed by atoms with Crippen LogP contribution in [0.5, 0.6) is 5.75 Å². The van der Waals surface area contributed by atoms with Crippen molar-refractivity contribution in [2.24, 2.45) is 4.99 Å². The Hall–Kier alpha value is -2.97. The van der Waals surface area contributed by atoms with Crippen molar-refractivity contribution in [3.63, 3.8) is 0 Å². The summed E-state index contributed by atoms with van der Waals surface area (Å²) < 4.78 is 5.32. The molecule has 0 spiro atoms. The lowest BCUT2D eigenvalue weighted by Crippen LogP contribution is -2.52. The minimum atomic E-state index is -0.336. The van der Waals surface area contributed by atoms with Gasteiger partial charge in [-0.2, -0.15) is 0 Å². The monoisotopic (exact) mass is 388 g/mol. The summed E-state index contributed by atoms with van der Waals surface area (Å²) in [6.45, 7) is 6.99. The molecule has 0 unspecified atom stereocenters. The summed E-state index contributed by atoms with van der Waals surface area (Å²) in [7, 11) is 1.68. The molecule has 1 aromatic rings. The summed E-state index contributed by atoms with van der Waals surface area (Å²) in [5.74, 6) is 1.48. The first-order valence-corrected chi connectivity index (χ1v) is 9.63. The van der Waals surface area contributed by atoms with Crippen LogP contribution < -0.4 is 20.3 Å². The van der Waals surface area contributed by atoms with Crippen LogP contribution in [0.15, 0.2) is 29.3 Å². The zero-order valence-electron chi connectivity index (χ0n) is 16.5. The highest BCUT2D eigenvalue weighted by Crippen LogP contribution is 2.22. The van der Waals surface area contributed by atoms with E-state index in [1.165, 1.54) is 4.90 Å². The molecule has 0 atom stereocenters. The summed E-state index contributed by atoms with van der Waals surface area (Å²) in [6, 6.07) is 7.75. The number of methoxy groups -OCH3 is 1. The van der Waals surface area contributed by atoms with Gasteiger partial charge in [0.15, 0.2) is 5.96 Å². The first kappa shape index (κ1) is 19.8. The normalized spacial score (nSPS) is 17.8. The van der Waals surface area contributed by atoms with Crippen LogP contribution in [0, 0.1) is 0 Å². The van der Waals surface area contributed by atoms with E-state index in [9.17, 15) is 9.59 Å².